The molecule has 1 atom stereocenters. The summed E-state index contributed by atoms with van der Waals surface area (Å²) in [5.74, 6) is -1.52. The van der Waals surface area contributed by atoms with Crippen LogP contribution >= 0.6 is 11.6 Å². The van der Waals surface area contributed by atoms with Crippen molar-refractivity contribution in [3.63, 3.8) is 0 Å². The Morgan fingerprint density at radius 1 is 1.29 bits per heavy atom. The van der Waals surface area contributed by atoms with Crippen LogP contribution in [-0.4, -0.2) is 18.4 Å². The van der Waals surface area contributed by atoms with Gasteiger partial charge in [0, 0.05) is 23.7 Å². The largest absolute Gasteiger partial charge is 0.326 e. The van der Waals surface area contributed by atoms with Crippen LogP contribution in [-0.2, 0) is 9.59 Å². The number of hydrogen-bond donors (Lipinski definition) is 1. The molecule has 0 radical (unpaired) electrons. The Kier molecular flexibility index (Phi) is 4.53. The van der Waals surface area contributed by atoms with Gasteiger partial charge in [0.25, 0.3) is 0 Å². The number of halogens is 2. The van der Waals surface area contributed by atoms with Crippen molar-refractivity contribution in [3.8, 4) is 0 Å². The van der Waals surface area contributed by atoms with Crippen LogP contribution in [0.3, 0.4) is 0 Å². The molecule has 1 N–H and O–H groups in total. The summed E-state index contributed by atoms with van der Waals surface area (Å²) in [6.07, 6.45) is 0.0557. The van der Waals surface area contributed by atoms with Gasteiger partial charge in [-0.2, -0.15) is 0 Å². The van der Waals surface area contributed by atoms with E-state index >= 15 is 0 Å². The molecule has 124 valence electrons. The number of nitrogens with zero attached hydrogens (tertiary/aromatic N) is 1. The normalized spacial score (nSPS) is 17.2. The first-order valence-corrected chi connectivity index (χ1v) is 7.95. The van der Waals surface area contributed by atoms with Crippen molar-refractivity contribution in [2.24, 2.45) is 5.92 Å². The van der Waals surface area contributed by atoms with Gasteiger partial charge in [-0.05, 0) is 36.8 Å². The fraction of sp³-hybridized carbons (Fsp3) is 0.222. The molecule has 1 aliphatic heterocycles. The number of rotatable bonds is 3. The lowest BCUT2D eigenvalue weighted by molar-refractivity contribution is -0.122. The minimum Gasteiger partial charge on any atom is -0.326 e. The first-order valence-electron chi connectivity index (χ1n) is 7.57. The summed E-state index contributed by atoms with van der Waals surface area (Å²) in [5, 5.41) is 3.26. The van der Waals surface area contributed by atoms with E-state index in [-0.39, 0.29) is 30.5 Å². The number of para-hydroxylation sites is 1. The Labute approximate surface area is 144 Å². The molecule has 0 aromatic heterocycles. The van der Waals surface area contributed by atoms with Crippen LogP contribution in [0.15, 0.2) is 42.5 Å². The zero-order valence-corrected chi connectivity index (χ0v) is 13.8. The van der Waals surface area contributed by atoms with Gasteiger partial charge < -0.3 is 10.2 Å². The van der Waals surface area contributed by atoms with Crippen LogP contribution in [0.2, 0.25) is 5.02 Å². The number of anilines is 2. The average Bonchev–Trinajstić information content (AvgIpc) is 2.89. The quantitative estimate of drug-likeness (QED) is 0.919. The molecule has 2 aromatic carbocycles. The van der Waals surface area contributed by atoms with E-state index in [9.17, 15) is 14.0 Å². The lowest BCUT2D eigenvalue weighted by Crippen LogP contribution is -2.29. The number of hydrogen-bond acceptors (Lipinski definition) is 2. The molecule has 1 aliphatic rings. The molecular weight excluding hydrogens is 331 g/mol. The number of amides is 2. The zero-order valence-electron chi connectivity index (χ0n) is 13.1. The van der Waals surface area contributed by atoms with Crippen molar-refractivity contribution in [1.82, 2.24) is 0 Å². The summed E-state index contributed by atoms with van der Waals surface area (Å²) in [7, 11) is 0. The van der Waals surface area contributed by atoms with E-state index < -0.39 is 11.7 Å². The Balaban J connectivity index is 1.76. The van der Waals surface area contributed by atoms with Gasteiger partial charge in [0.2, 0.25) is 11.8 Å². The third kappa shape index (κ3) is 3.26. The topological polar surface area (TPSA) is 49.4 Å². The number of nitrogens with one attached hydrogen (secondary N) is 1. The molecule has 1 unspecified atom stereocenters. The van der Waals surface area contributed by atoms with Gasteiger partial charge in [-0.3, -0.25) is 9.59 Å². The van der Waals surface area contributed by atoms with E-state index in [4.69, 9.17) is 11.6 Å². The lowest BCUT2D eigenvalue weighted by Gasteiger charge is -2.19. The molecule has 2 amide bonds. The zero-order chi connectivity index (χ0) is 17.3. The van der Waals surface area contributed by atoms with E-state index in [2.05, 4.69) is 5.32 Å². The van der Waals surface area contributed by atoms with Crippen LogP contribution in [0, 0.1) is 18.7 Å². The second kappa shape index (κ2) is 6.61. The maximum Gasteiger partial charge on any atom is 0.229 e. The maximum absolute atomic E-state index is 14.1. The summed E-state index contributed by atoms with van der Waals surface area (Å²) in [6.45, 7) is 1.90. The summed E-state index contributed by atoms with van der Waals surface area (Å²) in [4.78, 5) is 26.0. The second-order valence-corrected chi connectivity index (χ2v) is 6.25. The minimum absolute atomic E-state index is 0.0557. The summed E-state index contributed by atoms with van der Waals surface area (Å²) < 4.78 is 14.1. The number of carbonyl (C=O) groups excluding carboxylic acids is 2. The highest BCUT2D eigenvalue weighted by Crippen LogP contribution is 2.31. The van der Waals surface area contributed by atoms with Crippen molar-refractivity contribution in [2.45, 2.75) is 13.3 Å². The van der Waals surface area contributed by atoms with Crippen LogP contribution in [0.25, 0.3) is 0 Å². The van der Waals surface area contributed by atoms with Crippen molar-refractivity contribution >= 4 is 34.8 Å². The maximum atomic E-state index is 14.1. The fourth-order valence-electron chi connectivity index (χ4n) is 2.87. The molecular formula is C18H16ClFN2O2. The van der Waals surface area contributed by atoms with Crippen molar-refractivity contribution in [1.29, 1.82) is 0 Å². The molecule has 0 saturated carbocycles. The SMILES string of the molecule is Cc1cccc(F)c1N1CC(C(=O)Nc2cccc(Cl)c2)CC1=O. The van der Waals surface area contributed by atoms with Crippen LogP contribution in [0.5, 0.6) is 0 Å². The molecule has 4 nitrogen and oxygen atoms in total. The van der Waals surface area contributed by atoms with Crippen LogP contribution in [0.1, 0.15) is 12.0 Å². The third-order valence-corrected chi connectivity index (χ3v) is 4.28. The summed E-state index contributed by atoms with van der Waals surface area (Å²) in [6, 6.07) is 11.4. The van der Waals surface area contributed by atoms with Crippen molar-refractivity contribution in [2.75, 3.05) is 16.8 Å². The number of aryl methyl sites for hydroxylation is 1. The van der Waals surface area contributed by atoms with E-state index in [0.717, 1.165) is 0 Å². The van der Waals surface area contributed by atoms with E-state index in [1.165, 1.54) is 11.0 Å². The third-order valence-electron chi connectivity index (χ3n) is 4.05. The van der Waals surface area contributed by atoms with Crippen molar-refractivity contribution in [3.05, 3.63) is 58.9 Å². The molecule has 3 rings (SSSR count). The molecule has 1 fully saturated rings. The molecule has 6 heteroatoms. The number of benzene rings is 2. The molecule has 24 heavy (non-hydrogen) atoms. The van der Waals surface area contributed by atoms with E-state index in [0.29, 0.717) is 16.3 Å². The van der Waals surface area contributed by atoms with Gasteiger partial charge in [-0.15, -0.1) is 0 Å². The number of carbonyl (C=O) groups is 2. The fourth-order valence-corrected chi connectivity index (χ4v) is 3.07. The predicted octanol–water partition coefficient (Wildman–Crippen LogP) is 3.78. The van der Waals surface area contributed by atoms with Crippen LogP contribution < -0.4 is 10.2 Å². The van der Waals surface area contributed by atoms with Crippen LogP contribution in [0.4, 0.5) is 15.8 Å². The first-order chi connectivity index (χ1) is 11.5. The Hall–Kier alpha value is -2.40. The molecule has 0 aliphatic carbocycles. The van der Waals surface area contributed by atoms with E-state index in [1.54, 1.807) is 43.3 Å². The lowest BCUT2D eigenvalue weighted by atomic mass is 10.1. The van der Waals surface area contributed by atoms with Gasteiger partial charge in [0.1, 0.15) is 5.82 Å². The Morgan fingerprint density at radius 3 is 2.75 bits per heavy atom. The second-order valence-electron chi connectivity index (χ2n) is 5.81. The highest BCUT2D eigenvalue weighted by atomic mass is 35.5. The van der Waals surface area contributed by atoms with E-state index in [1.807, 2.05) is 0 Å². The first kappa shape index (κ1) is 16.5. The van der Waals surface area contributed by atoms with Gasteiger partial charge in [-0.1, -0.05) is 29.8 Å². The standard InChI is InChI=1S/C18H16ClFN2O2/c1-11-4-2-7-15(20)17(11)22-10-12(8-16(22)23)18(24)21-14-6-3-5-13(19)9-14/h2-7,9,12H,8,10H2,1H3,(H,21,24). The van der Waals surface area contributed by atoms with Crippen molar-refractivity contribution < 1.29 is 14.0 Å². The Morgan fingerprint density at radius 2 is 2.04 bits per heavy atom. The van der Waals surface area contributed by atoms with Gasteiger partial charge in [-0.25, -0.2) is 4.39 Å². The Bertz CT molecular complexity index is 789. The predicted molar refractivity (Wildman–Crippen MR) is 91.7 cm³/mol. The molecule has 2 aromatic rings. The highest BCUT2D eigenvalue weighted by Gasteiger charge is 2.36. The molecule has 1 saturated heterocycles. The molecule has 0 bridgehead atoms. The van der Waals surface area contributed by atoms with Gasteiger partial charge in [0.15, 0.2) is 0 Å². The summed E-state index contributed by atoms with van der Waals surface area (Å²) >= 11 is 5.89. The minimum atomic E-state index is -0.532. The van der Waals surface area contributed by atoms with Gasteiger partial charge in [0.05, 0.1) is 11.6 Å². The highest BCUT2D eigenvalue weighted by molar-refractivity contribution is 6.30. The van der Waals surface area contributed by atoms with Gasteiger partial charge >= 0.3 is 0 Å². The molecule has 1 heterocycles. The molecule has 0 spiro atoms. The summed E-state index contributed by atoms with van der Waals surface area (Å²) in [5.41, 5.74) is 1.49. The average molecular weight is 347 g/mol. The smallest absolute Gasteiger partial charge is 0.229 e. The monoisotopic (exact) mass is 346 g/mol.